The Balaban J connectivity index is 1.72. The van der Waals surface area contributed by atoms with Crippen LogP contribution in [0.25, 0.3) is 0 Å². The summed E-state index contributed by atoms with van der Waals surface area (Å²) >= 11 is 0. The van der Waals surface area contributed by atoms with Crippen molar-refractivity contribution in [3.63, 3.8) is 0 Å². The maximum absolute atomic E-state index is 12.8. The number of rotatable bonds is 5. The molecule has 2 amide bonds. The molecule has 0 saturated carbocycles. The number of hydrogen-bond acceptors (Lipinski definition) is 3. The predicted octanol–water partition coefficient (Wildman–Crippen LogP) is 2.97. The maximum Gasteiger partial charge on any atom is 0.227 e. The average molecular weight is 366 g/mol. The molecule has 142 valence electrons. The van der Waals surface area contributed by atoms with Crippen molar-refractivity contribution in [3.8, 4) is 5.75 Å². The van der Waals surface area contributed by atoms with Gasteiger partial charge in [-0.05, 0) is 18.1 Å². The molecule has 0 unspecified atom stereocenters. The third kappa shape index (κ3) is 4.67. The van der Waals surface area contributed by atoms with E-state index in [0.29, 0.717) is 31.6 Å². The van der Waals surface area contributed by atoms with Gasteiger partial charge in [0, 0.05) is 37.7 Å². The molecule has 2 aromatic carbocycles. The van der Waals surface area contributed by atoms with Gasteiger partial charge in [-0.25, -0.2) is 0 Å². The lowest BCUT2D eigenvalue weighted by Crippen LogP contribution is -2.44. The van der Waals surface area contributed by atoms with Crippen molar-refractivity contribution in [1.82, 2.24) is 9.80 Å². The highest BCUT2D eigenvalue weighted by Crippen LogP contribution is 2.21. The number of para-hydroxylation sites is 1. The molecule has 3 rings (SSSR count). The zero-order valence-electron chi connectivity index (χ0n) is 15.7. The van der Waals surface area contributed by atoms with Crippen LogP contribution in [0, 0.1) is 0 Å². The van der Waals surface area contributed by atoms with Crippen LogP contribution in [0.5, 0.6) is 5.75 Å². The lowest BCUT2D eigenvalue weighted by atomic mass is 10.1. The van der Waals surface area contributed by atoms with E-state index in [1.54, 1.807) is 23.1 Å². The zero-order valence-corrected chi connectivity index (χ0v) is 15.7. The number of benzene rings is 2. The van der Waals surface area contributed by atoms with Gasteiger partial charge in [-0.15, -0.1) is 0 Å². The molecule has 27 heavy (non-hydrogen) atoms. The van der Waals surface area contributed by atoms with E-state index in [-0.39, 0.29) is 30.0 Å². The summed E-state index contributed by atoms with van der Waals surface area (Å²) in [5, 5.41) is 9.93. The first-order valence-electron chi connectivity index (χ1n) is 9.46. The summed E-state index contributed by atoms with van der Waals surface area (Å²) in [4.78, 5) is 29.2. The number of phenols is 1. The zero-order chi connectivity index (χ0) is 19.2. The summed E-state index contributed by atoms with van der Waals surface area (Å²) in [6, 6.07) is 16.8. The van der Waals surface area contributed by atoms with Gasteiger partial charge in [0.15, 0.2) is 0 Å². The van der Waals surface area contributed by atoms with E-state index < -0.39 is 0 Å². The molecule has 0 aliphatic carbocycles. The van der Waals surface area contributed by atoms with Crippen LogP contribution < -0.4 is 0 Å². The highest BCUT2D eigenvalue weighted by atomic mass is 16.3. The van der Waals surface area contributed by atoms with Gasteiger partial charge in [0.2, 0.25) is 11.8 Å². The minimum atomic E-state index is -0.0516. The molecule has 1 aliphatic heterocycles. The Labute approximate surface area is 160 Å². The van der Waals surface area contributed by atoms with Gasteiger partial charge in [0.1, 0.15) is 5.75 Å². The van der Waals surface area contributed by atoms with Crippen LogP contribution in [0.15, 0.2) is 54.6 Å². The second kappa shape index (κ2) is 8.71. The highest BCUT2D eigenvalue weighted by molar-refractivity contribution is 5.82. The number of phenolic OH excluding ortho intramolecular Hbond substituents is 1. The van der Waals surface area contributed by atoms with Crippen LogP contribution in [0.3, 0.4) is 0 Å². The van der Waals surface area contributed by atoms with Crippen LogP contribution in [-0.4, -0.2) is 45.9 Å². The molecule has 0 aromatic heterocycles. The summed E-state index contributed by atoms with van der Waals surface area (Å²) in [7, 11) is 0. The number of hydrogen-bond donors (Lipinski definition) is 1. The quantitative estimate of drug-likeness (QED) is 0.885. The first kappa shape index (κ1) is 19.0. The smallest absolute Gasteiger partial charge is 0.227 e. The van der Waals surface area contributed by atoms with Crippen molar-refractivity contribution in [1.29, 1.82) is 0 Å². The van der Waals surface area contributed by atoms with E-state index in [4.69, 9.17) is 0 Å². The molecule has 5 heteroatoms. The van der Waals surface area contributed by atoms with Crippen LogP contribution in [0.1, 0.15) is 30.9 Å². The molecule has 1 atom stereocenters. The Bertz CT molecular complexity index is 791. The summed E-state index contributed by atoms with van der Waals surface area (Å²) in [5.41, 5.74) is 1.71. The van der Waals surface area contributed by atoms with E-state index in [2.05, 4.69) is 0 Å². The molecule has 1 fully saturated rings. The van der Waals surface area contributed by atoms with Crippen molar-refractivity contribution >= 4 is 11.8 Å². The SMILES string of the molecule is CC[C@@H]1CN(C(=O)Cc2ccccc2O)CCC(=O)N1Cc1ccccc1. The van der Waals surface area contributed by atoms with Crippen LogP contribution in [0.2, 0.25) is 0 Å². The van der Waals surface area contributed by atoms with Crippen LogP contribution in [0.4, 0.5) is 0 Å². The van der Waals surface area contributed by atoms with E-state index in [9.17, 15) is 14.7 Å². The van der Waals surface area contributed by atoms with Gasteiger partial charge in [0.05, 0.1) is 6.42 Å². The van der Waals surface area contributed by atoms with Crippen molar-refractivity contribution in [2.45, 2.75) is 38.8 Å². The van der Waals surface area contributed by atoms with Gasteiger partial charge in [-0.1, -0.05) is 55.5 Å². The molecule has 5 nitrogen and oxygen atoms in total. The standard InChI is InChI=1S/C22H26N2O3/c1-2-19-16-23(22(27)14-18-10-6-7-11-20(18)25)13-12-21(26)24(19)15-17-8-4-3-5-9-17/h3-11,19,25H,2,12-16H2,1H3/t19-/m1/s1. The Hall–Kier alpha value is -2.82. The number of carbonyl (C=O) groups excluding carboxylic acids is 2. The summed E-state index contributed by atoms with van der Waals surface area (Å²) in [5.74, 6) is 0.169. The molecule has 1 heterocycles. The summed E-state index contributed by atoms with van der Waals surface area (Å²) < 4.78 is 0. The van der Waals surface area contributed by atoms with Crippen molar-refractivity contribution in [2.75, 3.05) is 13.1 Å². The minimum Gasteiger partial charge on any atom is -0.508 e. The maximum atomic E-state index is 12.8. The Morgan fingerprint density at radius 3 is 2.52 bits per heavy atom. The number of aromatic hydroxyl groups is 1. The first-order chi connectivity index (χ1) is 13.1. The van der Waals surface area contributed by atoms with E-state index in [0.717, 1.165) is 12.0 Å². The molecule has 1 aliphatic rings. The van der Waals surface area contributed by atoms with E-state index >= 15 is 0 Å². The average Bonchev–Trinajstić information content (AvgIpc) is 2.84. The first-order valence-corrected chi connectivity index (χ1v) is 9.46. The monoisotopic (exact) mass is 366 g/mol. The van der Waals surface area contributed by atoms with E-state index in [1.807, 2.05) is 48.2 Å². The highest BCUT2D eigenvalue weighted by Gasteiger charge is 2.30. The minimum absolute atomic E-state index is 0.00599. The Morgan fingerprint density at radius 1 is 1.11 bits per heavy atom. The van der Waals surface area contributed by atoms with Gasteiger partial charge in [-0.3, -0.25) is 9.59 Å². The third-order valence-electron chi connectivity index (χ3n) is 5.14. The molecule has 1 saturated heterocycles. The van der Waals surface area contributed by atoms with Crippen LogP contribution >= 0.6 is 0 Å². The fourth-order valence-electron chi connectivity index (χ4n) is 3.53. The third-order valence-corrected chi connectivity index (χ3v) is 5.14. The molecular weight excluding hydrogens is 340 g/mol. The summed E-state index contributed by atoms with van der Waals surface area (Å²) in [6.45, 7) is 3.57. The fourth-order valence-corrected chi connectivity index (χ4v) is 3.53. The number of nitrogens with zero attached hydrogens (tertiary/aromatic N) is 2. The predicted molar refractivity (Wildman–Crippen MR) is 104 cm³/mol. The fraction of sp³-hybridized carbons (Fsp3) is 0.364. The molecular formula is C22H26N2O3. The summed E-state index contributed by atoms with van der Waals surface area (Å²) in [6.07, 6.45) is 1.27. The lowest BCUT2D eigenvalue weighted by molar-refractivity contribution is -0.133. The molecule has 0 radical (unpaired) electrons. The second-order valence-electron chi connectivity index (χ2n) is 6.96. The van der Waals surface area contributed by atoms with Gasteiger partial charge in [0.25, 0.3) is 0 Å². The molecule has 2 aromatic rings. The topological polar surface area (TPSA) is 60.9 Å². The lowest BCUT2D eigenvalue weighted by Gasteiger charge is -2.31. The van der Waals surface area contributed by atoms with Crippen molar-refractivity contribution < 1.29 is 14.7 Å². The van der Waals surface area contributed by atoms with Gasteiger partial charge in [-0.2, -0.15) is 0 Å². The van der Waals surface area contributed by atoms with Crippen molar-refractivity contribution in [3.05, 3.63) is 65.7 Å². The number of carbonyl (C=O) groups is 2. The van der Waals surface area contributed by atoms with Crippen LogP contribution in [-0.2, 0) is 22.6 Å². The largest absolute Gasteiger partial charge is 0.508 e. The van der Waals surface area contributed by atoms with Gasteiger partial charge < -0.3 is 14.9 Å². The van der Waals surface area contributed by atoms with E-state index in [1.165, 1.54) is 0 Å². The second-order valence-corrected chi connectivity index (χ2v) is 6.96. The molecule has 0 spiro atoms. The Kier molecular flexibility index (Phi) is 6.12. The van der Waals surface area contributed by atoms with Crippen molar-refractivity contribution in [2.24, 2.45) is 0 Å². The normalized spacial score (nSPS) is 17.7. The molecule has 1 N–H and O–H groups in total. The Morgan fingerprint density at radius 2 is 1.81 bits per heavy atom. The number of amides is 2. The van der Waals surface area contributed by atoms with Gasteiger partial charge >= 0.3 is 0 Å². The molecule has 0 bridgehead atoms.